The molecule has 0 bridgehead atoms. The summed E-state index contributed by atoms with van der Waals surface area (Å²) in [5.74, 6) is 0. The van der Waals surface area contributed by atoms with Crippen LogP contribution >= 0.6 is 0 Å². The lowest BCUT2D eigenvalue weighted by Gasteiger charge is -2.35. The second-order valence-corrected chi connectivity index (χ2v) is 6.12. The van der Waals surface area contributed by atoms with Crippen LogP contribution in [0, 0.1) is 5.41 Å². The van der Waals surface area contributed by atoms with E-state index >= 15 is 0 Å². The molecule has 1 aliphatic carbocycles. The predicted molar refractivity (Wildman–Crippen MR) is 73.0 cm³/mol. The number of aryl methyl sites for hydroxylation is 1. The molecule has 0 saturated heterocycles. The highest BCUT2D eigenvalue weighted by Gasteiger charge is 2.27. The molecule has 96 valence electrons. The highest BCUT2D eigenvalue weighted by atomic mass is 15.0. The van der Waals surface area contributed by atoms with Crippen LogP contribution in [0.3, 0.4) is 0 Å². The first kappa shape index (κ1) is 12.7. The van der Waals surface area contributed by atoms with Crippen molar-refractivity contribution in [3.63, 3.8) is 0 Å². The molecule has 1 aliphatic rings. The molecule has 2 heteroatoms. The molecule has 0 aliphatic heterocycles. The summed E-state index contributed by atoms with van der Waals surface area (Å²) in [5.41, 5.74) is 1.94. The fraction of sp³-hybridized carbons (Fsp3) is 0.733. The fourth-order valence-corrected chi connectivity index (χ4v) is 3.04. The van der Waals surface area contributed by atoms with Crippen molar-refractivity contribution in [1.29, 1.82) is 0 Å². The number of nitrogens with zero attached hydrogens (tertiary/aromatic N) is 1. The molecule has 1 unspecified atom stereocenters. The van der Waals surface area contributed by atoms with Gasteiger partial charge in [0, 0.05) is 31.0 Å². The minimum atomic E-state index is 0.530. The Labute approximate surface area is 105 Å². The van der Waals surface area contributed by atoms with Crippen molar-refractivity contribution >= 4 is 0 Å². The Morgan fingerprint density at radius 2 is 2.29 bits per heavy atom. The molecule has 2 rings (SSSR count). The topological polar surface area (TPSA) is 17.0 Å². The van der Waals surface area contributed by atoms with Gasteiger partial charge in [0.2, 0.25) is 0 Å². The monoisotopic (exact) mass is 234 g/mol. The Morgan fingerprint density at radius 1 is 1.47 bits per heavy atom. The zero-order valence-electron chi connectivity index (χ0n) is 11.5. The Balaban J connectivity index is 1.86. The van der Waals surface area contributed by atoms with E-state index in [0.29, 0.717) is 11.5 Å². The summed E-state index contributed by atoms with van der Waals surface area (Å²) in [6, 6.07) is 5.08. The van der Waals surface area contributed by atoms with Crippen LogP contribution in [0.4, 0.5) is 0 Å². The van der Waals surface area contributed by atoms with Crippen LogP contribution in [0.5, 0.6) is 0 Å². The van der Waals surface area contributed by atoms with Gasteiger partial charge >= 0.3 is 0 Å². The molecule has 0 spiro atoms. The van der Waals surface area contributed by atoms with Gasteiger partial charge < -0.3 is 9.88 Å². The van der Waals surface area contributed by atoms with Crippen LogP contribution in [-0.4, -0.2) is 10.6 Å². The molecule has 1 N–H and O–H groups in total. The average Bonchev–Trinajstić information content (AvgIpc) is 2.72. The zero-order chi connectivity index (χ0) is 12.3. The summed E-state index contributed by atoms with van der Waals surface area (Å²) in [6.45, 7) is 9.08. The van der Waals surface area contributed by atoms with Gasteiger partial charge in [-0.1, -0.05) is 20.3 Å². The maximum Gasteiger partial charge on any atom is 0.0361 e. The van der Waals surface area contributed by atoms with E-state index in [1.54, 1.807) is 0 Å². The summed E-state index contributed by atoms with van der Waals surface area (Å²) < 4.78 is 2.32. The van der Waals surface area contributed by atoms with Crippen molar-refractivity contribution in [1.82, 2.24) is 9.88 Å². The number of hydrogen-bond donors (Lipinski definition) is 1. The zero-order valence-corrected chi connectivity index (χ0v) is 11.5. The number of aromatic nitrogens is 1. The first-order valence-electron chi connectivity index (χ1n) is 6.98. The molecule has 1 saturated carbocycles. The van der Waals surface area contributed by atoms with Crippen molar-refractivity contribution in [3.8, 4) is 0 Å². The van der Waals surface area contributed by atoms with Crippen LogP contribution in [0.1, 0.15) is 52.1 Å². The normalized spacial score (nSPS) is 23.8. The van der Waals surface area contributed by atoms with Crippen molar-refractivity contribution in [3.05, 3.63) is 24.0 Å². The van der Waals surface area contributed by atoms with Gasteiger partial charge in [-0.2, -0.15) is 0 Å². The minimum Gasteiger partial charge on any atom is -0.351 e. The number of hydrogen-bond acceptors (Lipinski definition) is 1. The molecule has 0 amide bonds. The van der Waals surface area contributed by atoms with Crippen molar-refractivity contribution < 1.29 is 0 Å². The smallest absolute Gasteiger partial charge is 0.0361 e. The first-order chi connectivity index (χ1) is 8.11. The first-order valence-corrected chi connectivity index (χ1v) is 6.98. The SMILES string of the molecule is CCn1cccc1CNC1CCCC(C)(C)C1. The van der Waals surface area contributed by atoms with E-state index in [4.69, 9.17) is 0 Å². The molecular formula is C15H26N2. The van der Waals surface area contributed by atoms with Gasteiger partial charge in [0.15, 0.2) is 0 Å². The van der Waals surface area contributed by atoms with Crippen molar-refractivity contribution in [2.45, 2.75) is 65.6 Å². The second-order valence-electron chi connectivity index (χ2n) is 6.12. The Kier molecular flexibility index (Phi) is 3.93. The largest absolute Gasteiger partial charge is 0.351 e. The standard InChI is InChI=1S/C15H26N2/c1-4-17-10-6-8-14(17)12-16-13-7-5-9-15(2,3)11-13/h6,8,10,13,16H,4-5,7,9,11-12H2,1-3H3. The third kappa shape index (κ3) is 3.35. The highest BCUT2D eigenvalue weighted by Crippen LogP contribution is 2.35. The maximum atomic E-state index is 3.73. The van der Waals surface area contributed by atoms with Gasteiger partial charge in [-0.05, 0) is 43.7 Å². The molecule has 2 nitrogen and oxygen atoms in total. The summed E-state index contributed by atoms with van der Waals surface area (Å²) in [4.78, 5) is 0. The highest BCUT2D eigenvalue weighted by molar-refractivity contribution is 5.07. The number of nitrogens with one attached hydrogen (secondary N) is 1. The quantitative estimate of drug-likeness (QED) is 0.843. The van der Waals surface area contributed by atoms with E-state index in [0.717, 1.165) is 13.1 Å². The van der Waals surface area contributed by atoms with E-state index in [-0.39, 0.29) is 0 Å². The molecule has 1 aromatic rings. The third-order valence-corrected chi connectivity index (χ3v) is 4.04. The van der Waals surface area contributed by atoms with Crippen molar-refractivity contribution in [2.75, 3.05) is 0 Å². The lowest BCUT2D eigenvalue weighted by atomic mass is 9.75. The van der Waals surface area contributed by atoms with E-state index in [9.17, 15) is 0 Å². The summed E-state index contributed by atoms with van der Waals surface area (Å²) in [5, 5.41) is 3.73. The number of rotatable bonds is 4. The molecule has 17 heavy (non-hydrogen) atoms. The second kappa shape index (κ2) is 5.26. The molecule has 1 fully saturated rings. The predicted octanol–water partition coefficient (Wildman–Crippen LogP) is 3.57. The van der Waals surface area contributed by atoms with Crippen LogP contribution in [0.15, 0.2) is 18.3 Å². The van der Waals surface area contributed by atoms with Gasteiger partial charge in [0.1, 0.15) is 0 Å². The van der Waals surface area contributed by atoms with Gasteiger partial charge in [0.25, 0.3) is 0 Å². The van der Waals surface area contributed by atoms with Crippen LogP contribution in [-0.2, 0) is 13.1 Å². The van der Waals surface area contributed by atoms with Gasteiger partial charge in [-0.3, -0.25) is 0 Å². The minimum absolute atomic E-state index is 0.530. The van der Waals surface area contributed by atoms with Crippen LogP contribution in [0.2, 0.25) is 0 Å². The Hall–Kier alpha value is -0.760. The average molecular weight is 234 g/mol. The summed E-state index contributed by atoms with van der Waals surface area (Å²) in [6.07, 6.45) is 7.59. The van der Waals surface area contributed by atoms with Crippen LogP contribution in [0.25, 0.3) is 0 Å². The van der Waals surface area contributed by atoms with E-state index in [1.165, 1.54) is 31.4 Å². The molecule has 0 radical (unpaired) electrons. The Morgan fingerprint density at radius 3 is 3.00 bits per heavy atom. The van der Waals surface area contributed by atoms with Gasteiger partial charge in [0.05, 0.1) is 0 Å². The summed E-state index contributed by atoms with van der Waals surface area (Å²) in [7, 11) is 0. The van der Waals surface area contributed by atoms with Gasteiger partial charge in [-0.25, -0.2) is 0 Å². The Bertz CT molecular complexity index is 352. The molecule has 0 aromatic carbocycles. The molecule has 1 aromatic heterocycles. The molecule has 1 atom stereocenters. The van der Waals surface area contributed by atoms with E-state index < -0.39 is 0 Å². The summed E-state index contributed by atoms with van der Waals surface area (Å²) >= 11 is 0. The van der Waals surface area contributed by atoms with E-state index in [1.807, 2.05) is 0 Å². The fourth-order valence-electron chi connectivity index (χ4n) is 3.04. The maximum absolute atomic E-state index is 3.73. The van der Waals surface area contributed by atoms with Crippen LogP contribution < -0.4 is 5.32 Å². The molecular weight excluding hydrogens is 208 g/mol. The third-order valence-electron chi connectivity index (χ3n) is 4.04. The van der Waals surface area contributed by atoms with Gasteiger partial charge in [-0.15, -0.1) is 0 Å². The lowest BCUT2D eigenvalue weighted by molar-refractivity contribution is 0.197. The lowest BCUT2D eigenvalue weighted by Crippen LogP contribution is -2.37. The molecule has 1 heterocycles. The van der Waals surface area contributed by atoms with Crippen molar-refractivity contribution in [2.24, 2.45) is 5.41 Å². The van der Waals surface area contributed by atoms with E-state index in [2.05, 4.69) is 49.0 Å².